The molecule has 0 unspecified atom stereocenters. The van der Waals surface area contributed by atoms with Crippen LogP contribution in [-0.4, -0.2) is 4.92 Å². The van der Waals surface area contributed by atoms with Gasteiger partial charge in [0.25, 0.3) is 5.69 Å². The van der Waals surface area contributed by atoms with Crippen molar-refractivity contribution in [1.82, 2.24) is 0 Å². The predicted molar refractivity (Wildman–Crippen MR) is 77.0 cm³/mol. The first-order chi connectivity index (χ1) is 9.51. The minimum absolute atomic E-state index is 0.0561. The average molecular weight is 272 g/mol. The van der Waals surface area contributed by atoms with E-state index < -0.39 is 4.92 Å². The van der Waals surface area contributed by atoms with Gasteiger partial charge in [-0.05, 0) is 43.2 Å². The molecule has 0 aliphatic carbocycles. The Hall–Kier alpha value is -2.40. The molecule has 0 radical (unpaired) electrons. The normalized spacial score (nSPS) is 10.3. The zero-order chi connectivity index (χ0) is 14.7. The third-order valence-corrected chi connectivity index (χ3v) is 3.05. The van der Waals surface area contributed by atoms with E-state index in [-0.39, 0.29) is 5.69 Å². The molecule has 104 valence electrons. The summed E-state index contributed by atoms with van der Waals surface area (Å²) in [5.74, 6) is 1.10. The summed E-state index contributed by atoms with van der Waals surface area (Å²) in [5, 5.41) is 11.0. The van der Waals surface area contributed by atoms with Gasteiger partial charge in [0.05, 0.1) is 11.0 Å². The molecule has 0 aliphatic rings. The monoisotopic (exact) mass is 272 g/mol. The quantitative estimate of drug-likeness (QED) is 0.682. The van der Waals surface area contributed by atoms with Gasteiger partial charge in [0, 0.05) is 12.1 Å². The molecular formula is C15H16N2O3. The summed E-state index contributed by atoms with van der Waals surface area (Å²) in [6.45, 7) is 3.99. The van der Waals surface area contributed by atoms with Gasteiger partial charge in [-0.15, -0.1) is 0 Å². The Morgan fingerprint density at radius 3 is 2.60 bits per heavy atom. The first-order valence-corrected chi connectivity index (χ1v) is 6.23. The summed E-state index contributed by atoms with van der Waals surface area (Å²) in [6, 6.07) is 10.6. The molecule has 0 amide bonds. The summed E-state index contributed by atoms with van der Waals surface area (Å²) in [7, 11) is 0. The molecule has 2 N–H and O–H groups in total. The summed E-state index contributed by atoms with van der Waals surface area (Å²) >= 11 is 0. The van der Waals surface area contributed by atoms with E-state index in [2.05, 4.69) is 0 Å². The van der Waals surface area contributed by atoms with Crippen LogP contribution in [0.3, 0.4) is 0 Å². The lowest BCUT2D eigenvalue weighted by Gasteiger charge is -2.10. The lowest BCUT2D eigenvalue weighted by molar-refractivity contribution is -0.385. The van der Waals surface area contributed by atoms with Crippen molar-refractivity contribution in [2.45, 2.75) is 20.4 Å². The molecule has 0 atom stereocenters. The maximum absolute atomic E-state index is 11.0. The Bertz CT molecular complexity index is 654. The van der Waals surface area contributed by atoms with E-state index in [0.29, 0.717) is 23.6 Å². The van der Waals surface area contributed by atoms with Crippen LogP contribution in [0.1, 0.15) is 16.7 Å². The highest BCUT2D eigenvalue weighted by atomic mass is 16.6. The molecule has 5 nitrogen and oxygen atoms in total. The molecule has 0 aliphatic heterocycles. The standard InChI is InChI=1S/C15H16N2O3/c1-10-6-11(2)15(8-14(10)17(18)19)20-13-5-3-4-12(7-13)9-16/h3-8H,9,16H2,1-2H3. The molecule has 0 spiro atoms. The number of nitro benzene ring substituents is 1. The van der Waals surface area contributed by atoms with Crippen molar-refractivity contribution >= 4 is 5.69 Å². The van der Waals surface area contributed by atoms with Gasteiger partial charge >= 0.3 is 0 Å². The van der Waals surface area contributed by atoms with Crippen LogP contribution in [0.25, 0.3) is 0 Å². The highest BCUT2D eigenvalue weighted by Gasteiger charge is 2.15. The maximum atomic E-state index is 11.0. The molecule has 0 aromatic heterocycles. The van der Waals surface area contributed by atoms with E-state index in [0.717, 1.165) is 11.1 Å². The van der Waals surface area contributed by atoms with Crippen molar-refractivity contribution in [3.8, 4) is 11.5 Å². The number of hydrogen-bond donors (Lipinski definition) is 1. The lowest BCUT2D eigenvalue weighted by atomic mass is 10.1. The zero-order valence-electron chi connectivity index (χ0n) is 11.4. The second-order valence-electron chi connectivity index (χ2n) is 4.61. The van der Waals surface area contributed by atoms with Gasteiger partial charge in [-0.25, -0.2) is 0 Å². The minimum Gasteiger partial charge on any atom is -0.457 e. The number of hydrogen-bond acceptors (Lipinski definition) is 4. The van der Waals surface area contributed by atoms with Crippen LogP contribution in [0.4, 0.5) is 5.69 Å². The third kappa shape index (κ3) is 2.95. The van der Waals surface area contributed by atoms with Crippen LogP contribution >= 0.6 is 0 Å². The first kappa shape index (κ1) is 14.0. The number of nitrogens with two attached hydrogens (primary N) is 1. The van der Waals surface area contributed by atoms with Gasteiger partial charge in [-0.2, -0.15) is 0 Å². The summed E-state index contributed by atoms with van der Waals surface area (Å²) < 4.78 is 5.74. The fraction of sp³-hybridized carbons (Fsp3) is 0.200. The largest absolute Gasteiger partial charge is 0.457 e. The highest BCUT2D eigenvalue weighted by Crippen LogP contribution is 2.31. The molecule has 0 fully saturated rings. The average Bonchev–Trinajstić information content (AvgIpc) is 2.41. The smallest absolute Gasteiger partial charge is 0.276 e. The molecule has 20 heavy (non-hydrogen) atoms. The van der Waals surface area contributed by atoms with Crippen LogP contribution in [-0.2, 0) is 6.54 Å². The van der Waals surface area contributed by atoms with Crippen molar-refractivity contribution in [3.63, 3.8) is 0 Å². The second kappa shape index (κ2) is 5.71. The lowest BCUT2D eigenvalue weighted by Crippen LogP contribution is -1.97. The number of ether oxygens (including phenoxy) is 1. The van der Waals surface area contributed by atoms with E-state index in [1.165, 1.54) is 6.07 Å². The van der Waals surface area contributed by atoms with Gasteiger partial charge in [-0.3, -0.25) is 10.1 Å². The summed E-state index contributed by atoms with van der Waals surface area (Å²) in [5.41, 5.74) is 8.06. The number of rotatable bonds is 4. The Kier molecular flexibility index (Phi) is 4.00. The van der Waals surface area contributed by atoms with Gasteiger partial charge in [0.15, 0.2) is 0 Å². The van der Waals surface area contributed by atoms with Crippen molar-refractivity contribution in [3.05, 3.63) is 63.2 Å². The number of benzene rings is 2. The molecule has 2 aromatic rings. The fourth-order valence-corrected chi connectivity index (χ4v) is 1.99. The van der Waals surface area contributed by atoms with Crippen LogP contribution in [0.2, 0.25) is 0 Å². The highest BCUT2D eigenvalue weighted by molar-refractivity contribution is 5.51. The summed E-state index contributed by atoms with van der Waals surface area (Å²) in [4.78, 5) is 10.6. The molecule has 2 rings (SSSR count). The fourth-order valence-electron chi connectivity index (χ4n) is 1.99. The van der Waals surface area contributed by atoms with Crippen molar-refractivity contribution in [2.75, 3.05) is 0 Å². The van der Waals surface area contributed by atoms with Gasteiger partial charge in [-0.1, -0.05) is 12.1 Å². The van der Waals surface area contributed by atoms with Gasteiger partial charge in [0.2, 0.25) is 0 Å². The van der Waals surface area contributed by atoms with E-state index in [4.69, 9.17) is 10.5 Å². The Labute approximate surface area is 117 Å². The first-order valence-electron chi connectivity index (χ1n) is 6.23. The van der Waals surface area contributed by atoms with E-state index in [1.807, 2.05) is 25.1 Å². The molecular weight excluding hydrogens is 256 g/mol. The third-order valence-electron chi connectivity index (χ3n) is 3.05. The van der Waals surface area contributed by atoms with Gasteiger partial charge in [0.1, 0.15) is 11.5 Å². The van der Waals surface area contributed by atoms with Crippen molar-refractivity contribution in [2.24, 2.45) is 5.73 Å². The minimum atomic E-state index is -0.405. The predicted octanol–water partition coefficient (Wildman–Crippen LogP) is 3.46. The molecule has 2 aromatic carbocycles. The van der Waals surface area contributed by atoms with Gasteiger partial charge < -0.3 is 10.5 Å². The molecule has 0 heterocycles. The zero-order valence-corrected chi connectivity index (χ0v) is 11.4. The van der Waals surface area contributed by atoms with Crippen LogP contribution in [0, 0.1) is 24.0 Å². The molecule has 5 heteroatoms. The maximum Gasteiger partial charge on any atom is 0.276 e. The Morgan fingerprint density at radius 1 is 1.20 bits per heavy atom. The SMILES string of the molecule is Cc1cc(C)c([N+](=O)[O-])cc1Oc1cccc(CN)c1. The molecule has 0 saturated heterocycles. The second-order valence-corrected chi connectivity index (χ2v) is 4.61. The van der Waals surface area contributed by atoms with Crippen LogP contribution in [0.15, 0.2) is 36.4 Å². The Morgan fingerprint density at radius 2 is 1.95 bits per heavy atom. The molecule has 0 saturated carbocycles. The summed E-state index contributed by atoms with van der Waals surface area (Å²) in [6.07, 6.45) is 0. The Balaban J connectivity index is 2.37. The van der Waals surface area contributed by atoms with Crippen molar-refractivity contribution in [1.29, 1.82) is 0 Å². The number of nitrogens with zero attached hydrogens (tertiary/aromatic N) is 1. The van der Waals surface area contributed by atoms with Crippen LogP contribution in [0.5, 0.6) is 11.5 Å². The number of aryl methyl sites for hydroxylation is 2. The van der Waals surface area contributed by atoms with Crippen molar-refractivity contribution < 1.29 is 9.66 Å². The van der Waals surface area contributed by atoms with E-state index in [9.17, 15) is 10.1 Å². The van der Waals surface area contributed by atoms with Crippen LogP contribution < -0.4 is 10.5 Å². The van der Waals surface area contributed by atoms with E-state index >= 15 is 0 Å². The topological polar surface area (TPSA) is 78.4 Å². The number of nitro groups is 1. The molecule has 0 bridgehead atoms. The van der Waals surface area contributed by atoms with E-state index in [1.54, 1.807) is 19.1 Å².